The number of ether oxygens (including phenoxy) is 4. The van der Waals surface area contributed by atoms with Crippen LogP contribution in [0, 0.1) is 0 Å². The number of hydrogen-bond acceptors (Lipinski definition) is 9. The average Bonchev–Trinajstić information content (AvgIpc) is 3.83. The van der Waals surface area contributed by atoms with Gasteiger partial charge in [-0.3, -0.25) is 9.72 Å². The zero-order valence-electron chi connectivity index (χ0n) is 32.1. The first-order valence-electron chi connectivity index (χ1n) is 19.8. The molecule has 2 saturated heterocycles. The van der Waals surface area contributed by atoms with Crippen LogP contribution in [0.3, 0.4) is 0 Å². The lowest BCUT2D eigenvalue weighted by Crippen LogP contribution is -2.36. The molecule has 55 heavy (non-hydrogen) atoms. The first-order valence-corrected chi connectivity index (χ1v) is 19.8. The molecule has 3 aromatic heterocycles. The Kier molecular flexibility index (Phi) is 10.9. The van der Waals surface area contributed by atoms with Gasteiger partial charge in [0.1, 0.15) is 30.0 Å². The summed E-state index contributed by atoms with van der Waals surface area (Å²) in [6, 6.07) is 21.3. The third-order valence-corrected chi connectivity index (χ3v) is 10.6. The maximum absolute atomic E-state index is 13.8. The SMILES string of the molecule is CC(C)(C)c1cc(NC(=O)N[C@H]2CC[C@@H](Oc3ccc4nnc(N5CCCCC5)n4c3)c3ccccc32)n(-c2cccc(OCCOC3CCCCO3)c2)n1. The van der Waals surface area contributed by atoms with Crippen molar-refractivity contribution in [3.8, 4) is 17.2 Å². The summed E-state index contributed by atoms with van der Waals surface area (Å²) in [4.78, 5) is 16.1. The molecule has 290 valence electrons. The summed E-state index contributed by atoms with van der Waals surface area (Å²) in [5.74, 6) is 2.88. The number of rotatable bonds is 11. The maximum Gasteiger partial charge on any atom is 0.320 e. The van der Waals surface area contributed by atoms with Gasteiger partial charge in [-0.1, -0.05) is 51.1 Å². The van der Waals surface area contributed by atoms with Crippen molar-refractivity contribution in [3.05, 3.63) is 89.7 Å². The van der Waals surface area contributed by atoms with Gasteiger partial charge in [-0.05, 0) is 86.8 Å². The Hall–Kier alpha value is -5.14. The summed E-state index contributed by atoms with van der Waals surface area (Å²) in [6.45, 7) is 9.87. The van der Waals surface area contributed by atoms with Gasteiger partial charge in [-0.2, -0.15) is 5.10 Å². The van der Waals surface area contributed by atoms with E-state index in [9.17, 15) is 4.79 Å². The lowest BCUT2D eigenvalue weighted by atomic mass is 9.85. The lowest BCUT2D eigenvalue weighted by Gasteiger charge is -2.32. The highest BCUT2D eigenvalue weighted by atomic mass is 16.7. The third kappa shape index (κ3) is 8.57. The van der Waals surface area contributed by atoms with Gasteiger partial charge in [0.2, 0.25) is 5.95 Å². The number of anilines is 2. The Morgan fingerprint density at radius 1 is 0.873 bits per heavy atom. The molecular weight excluding hydrogens is 697 g/mol. The van der Waals surface area contributed by atoms with Crippen molar-refractivity contribution in [2.75, 3.05) is 43.1 Å². The highest BCUT2D eigenvalue weighted by Gasteiger charge is 2.30. The lowest BCUT2D eigenvalue weighted by molar-refractivity contribution is -0.165. The summed E-state index contributed by atoms with van der Waals surface area (Å²) in [6.07, 6.45) is 9.83. The molecule has 2 N–H and O–H groups in total. The Morgan fingerprint density at radius 2 is 1.73 bits per heavy atom. The predicted molar refractivity (Wildman–Crippen MR) is 210 cm³/mol. The standard InChI is InChI=1S/C42H52N8O5/c1-42(2,3)36-27-38(50(47-36)29-12-11-13-30(26-29)52-24-25-54-39-16-7-10-23-53-39)44-40(51)43-34-18-19-35(33-15-6-5-14-32(33)34)55-31-17-20-37-45-46-41(49(37)28-31)48-21-8-4-9-22-48/h5-6,11-15,17,20,26-28,34-35,39H,4,7-10,16,18-19,21-25H2,1-3H3,(H2,43,44,51)/t34-,35+,39?/m0/s1. The van der Waals surface area contributed by atoms with E-state index in [1.165, 1.54) is 6.42 Å². The van der Waals surface area contributed by atoms with Gasteiger partial charge in [-0.25, -0.2) is 9.48 Å². The van der Waals surface area contributed by atoms with Gasteiger partial charge in [0.25, 0.3) is 0 Å². The number of piperidine rings is 1. The molecule has 1 aliphatic carbocycles. The van der Waals surface area contributed by atoms with Crippen molar-refractivity contribution >= 4 is 23.4 Å². The molecule has 0 saturated carbocycles. The first-order chi connectivity index (χ1) is 26.8. The van der Waals surface area contributed by atoms with Gasteiger partial charge in [0.05, 0.1) is 30.2 Å². The summed E-state index contributed by atoms with van der Waals surface area (Å²) >= 11 is 0. The topological polar surface area (TPSA) is 129 Å². The van der Waals surface area contributed by atoms with E-state index in [2.05, 4.69) is 58.6 Å². The van der Waals surface area contributed by atoms with Gasteiger partial charge in [0, 0.05) is 37.2 Å². The highest BCUT2D eigenvalue weighted by Crippen LogP contribution is 2.39. The minimum atomic E-state index is -0.307. The molecule has 8 rings (SSSR count). The minimum absolute atomic E-state index is 0.153. The van der Waals surface area contributed by atoms with E-state index >= 15 is 0 Å². The van der Waals surface area contributed by atoms with Crippen LogP contribution in [-0.4, -0.2) is 69.6 Å². The first kappa shape index (κ1) is 36.8. The summed E-state index contributed by atoms with van der Waals surface area (Å²) in [5.41, 5.74) is 4.29. The monoisotopic (exact) mass is 748 g/mol. The molecule has 2 fully saturated rings. The molecule has 0 spiro atoms. The summed E-state index contributed by atoms with van der Waals surface area (Å²) in [7, 11) is 0. The Balaban J connectivity index is 0.944. The van der Waals surface area contributed by atoms with Gasteiger partial charge < -0.3 is 29.2 Å². The van der Waals surface area contributed by atoms with Gasteiger partial charge >= 0.3 is 6.03 Å². The van der Waals surface area contributed by atoms with Crippen molar-refractivity contribution in [2.24, 2.45) is 0 Å². The van der Waals surface area contributed by atoms with E-state index in [0.29, 0.717) is 31.2 Å². The summed E-state index contributed by atoms with van der Waals surface area (Å²) < 4.78 is 28.0. The smallest absolute Gasteiger partial charge is 0.320 e. The van der Waals surface area contributed by atoms with Crippen molar-refractivity contribution in [1.82, 2.24) is 29.7 Å². The molecular formula is C42H52N8O5. The maximum atomic E-state index is 13.8. The number of benzene rings is 2. The van der Waals surface area contributed by atoms with Crippen molar-refractivity contribution in [2.45, 2.75) is 96.0 Å². The third-order valence-electron chi connectivity index (χ3n) is 10.6. The fraction of sp³-hybridized carbons (Fsp3) is 0.476. The average molecular weight is 749 g/mol. The number of hydrogen-bond donors (Lipinski definition) is 2. The number of carbonyl (C=O) groups excluding carboxylic acids is 1. The van der Waals surface area contributed by atoms with Crippen LogP contribution < -0.4 is 25.0 Å². The van der Waals surface area contributed by atoms with Crippen molar-refractivity contribution < 1.29 is 23.7 Å². The van der Waals surface area contributed by atoms with Crippen LogP contribution in [0.15, 0.2) is 72.9 Å². The molecule has 13 heteroatoms. The molecule has 1 unspecified atom stereocenters. The second kappa shape index (κ2) is 16.3. The van der Waals surface area contributed by atoms with Crippen LogP contribution in [-0.2, 0) is 14.9 Å². The molecule has 3 aliphatic rings. The number of carbonyl (C=O) groups is 1. The van der Waals surface area contributed by atoms with Crippen LogP contribution >= 0.6 is 0 Å². The normalized spacial score (nSPS) is 20.2. The zero-order chi connectivity index (χ0) is 37.8. The minimum Gasteiger partial charge on any atom is -0.491 e. The van der Waals surface area contributed by atoms with E-state index < -0.39 is 0 Å². The molecule has 0 bridgehead atoms. The molecule has 5 heterocycles. The largest absolute Gasteiger partial charge is 0.491 e. The number of nitrogens with one attached hydrogen (secondary N) is 2. The fourth-order valence-corrected chi connectivity index (χ4v) is 7.66. The molecule has 2 amide bonds. The van der Waals surface area contributed by atoms with E-state index in [1.807, 2.05) is 65.2 Å². The molecule has 2 aromatic carbocycles. The Morgan fingerprint density at radius 3 is 2.55 bits per heavy atom. The molecule has 5 aromatic rings. The fourth-order valence-electron chi connectivity index (χ4n) is 7.66. The van der Waals surface area contributed by atoms with E-state index in [0.717, 1.165) is 98.1 Å². The molecule has 3 atom stereocenters. The molecule has 2 aliphatic heterocycles. The number of amides is 2. The van der Waals surface area contributed by atoms with Crippen LogP contribution in [0.25, 0.3) is 11.3 Å². The van der Waals surface area contributed by atoms with E-state index in [4.69, 9.17) is 24.0 Å². The molecule has 13 nitrogen and oxygen atoms in total. The van der Waals surface area contributed by atoms with Gasteiger partial charge in [0.15, 0.2) is 11.9 Å². The number of nitrogens with zero attached hydrogens (tertiary/aromatic N) is 6. The zero-order valence-corrected chi connectivity index (χ0v) is 32.1. The van der Waals surface area contributed by atoms with Crippen LogP contribution in [0.4, 0.5) is 16.6 Å². The van der Waals surface area contributed by atoms with E-state index in [-0.39, 0.29) is 29.9 Å². The Labute approximate surface area is 322 Å². The predicted octanol–water partition coefficient (Wildman–Crippen LogP) is 7.90. The van der Waals surface area contributed by atoms with Crippen LogP contribution in [0.1, 0.15) is 101 Å². The van der Waals surface area contributed by atoms with Crippen molar-refractivity contribution in [1.29, 1.82) is 0 Å². The quantitative estimate of drug-likeness (QED) is 0.130. The molecule has 0 radical (unpaired) electrons. The number of urea groups is 1. The van der Waals surface area contributed by atoms with Crippen LogP contribution in [0.2, 0.25) is 0 Å². The number of aromatic nitrogens is 5. The second-order valence-electron chi connectivity index (χ2n) is 15.7. The Bertz CT molecular complexity index is 2080. The van der Waals surface area contributed by atoms with Crippen molar-refractivity contribution in [3.63, 3.8) is 0 Å². The van der Waals surface area contributed by atoms with E-state index in [1.54, 1.807) is 4.68 Å². The summed E-state index contributed by atoms with van der Waals surface area (Å²) in [5, 5.41) is 20.2. The number of pyridine rings is 1. The highest BCUT2D eigenvalue weighted by molar-refractivity contribution is 5.89. The number of fused-ring (bicyclic) bond motifs is 2. The van der Waals surface area contributed by atoms with Crippen LogP contribution in [0.5, 0.6) is 11.5 Å². The van der Waals surface area contributed by atoms with Gasteiger partial charge in [-0.15, -0.1) is 10.2 Å². The second-order valence-corrected chi connectivity index (χ2v) is 15.7.